The topological polar surface area (TPSA) is 182 Å². The number of urea groups is 1. The highest BCUT2D eigenvalue weighted by molar-refractivity contribution is 7.85. The van der Waals surface area contributed by atoms with Crippen molar-refractivity contribution in [3.8, 4) is 6.07 Å². The van der Waals surface area contributed by atoms with Crippen molar-refractivity contribution in [2.45, 2.75) is 52.5 Å². The highest BCUT2D eigenvalue weighted by atomic mass is 32.2. The maximum Gasteiger partial charge on any atom is 0.329 e. The van der Waals surface area contributed by atoms with Gasteiger partial charge in [-0.1, -0.05) is 13.8 Å². The van der Waals surface area contributed by atoms with Crippen LogP contribution in [0.1, 0.15) is 52.0 Å². The van der Waals surface area contributed by atoms with Crippen molar-refractivity contribution in [2.24, 2.45) is 11.8 Å². The van der Waals surface area contributed by atoms with Crippen molar-refractivity contribution < 1.29 is 37.3 Å². The summed E-state index contributed by atoms with van der Waals surface area (Å²) in [6.07, 6.45) is -0.375. The first-order valence-corrected chi connectivity index (χ1v) is 12.2. The zero-order chi connectivity index (χ0) is 26.1. The number of nitriles is 1. The summed E-state index contributed by atoms with van der Waals surface area (Å²) in [6.45, 7) is 4.64. The van der Waals surface area contributed by atoms with Gasteiger partial charge in [0, 0.05) is 18.0 Å². The fourth-order valence-electron chi connectivity index (χ4n) is 3.28. The minimum atomic E-state index is -4.40. The van der Waals surface area contributed by atoms with Crippen molar-refractivity contribution in [1.29, 1.82) is 5.26 Å². The molecule has 0 spiro atoms. The molecule has 12 heteroatoms. The fraction of sp³-hybridized carbons (Fsp3) is 0.500. The zero-order valence-electron chi connectivity index (χ0n) is 19.2. The molecule has 0 aliphatic heterocycles. The van der Waals surface area contributed by atoms with Gasteiger partial charge in [-0.2, -0.15) is 13.7 Å². The van der Waals surface area contributed by atoms with Gasteiger partial charge in [-0.3, -0.25) is 14.1 Å². The lowest BCUT2D eigenvalue weighted by Gasteiger charge is -2.28. The summed E-state index contributed by atoms with van der Waals surface area (Å²) in [5.41, 5.74) is 0.597. The Hall–Kier alpha value is -3.30. The molecule has 0 bridgehead atoms. The number of rotatable bonds is 12. The number of ketones is 1. The van der Waals surface area contributed by atoms with E-state index < -0.39 is 51.5 Å². The average Bonchev–Trinajstić information content (AvgIpc) is 2.71. The highest BCUT2D eigenvalue weighted by Crippen LogP contribution is 2.19. The second kappa shape index (κ2) is 12.8. The van der Waals surface area contributed by atoms with E-state index in [1.807, 2.05) is 6.07 Å². The van der Waals surface area contributed by atoms with E-state index in [-0.39, 0.29) is 37.3 Å². The van der Waals surface area contributed by atoms with Gasteiger partial charge in [0.15, 0.2) is 0 Å². The number of anilines is 1. The number of carboxylic acid groups (broad SMARTS) is 1. The molecule has 0 saturated carbocycles. The lowest BCUT2D eigenvalue weighted by atomic mass is 9.99. The normalized spacial score (nSPS) is 12.9. The van der Waals surface area contributed by atoms with Gasteiger partial charge in [-0.15, -0.1) is 0 Å². The number of carbonyl (C=O) groups excluding carboxylic acids is 3. The van der Waals surface area contributed by atoms with Gasteiger partial charge in [0.1, 0.15) is 11.8 Å². The summed E-state index contributed by atoms with van der Waals surface area (Å²) >= 11 is 0. The Labute approximate surface area is 198 Å². The van der Waals surface area contributed by atoms with Crippen LogP contribution in [0.4, 0.5) is 10.5 Å². The monoisotopic (exact) mass is 495 g/mol. The predicted octanol–water partition coefficient (Wildman–Crippen LogP) is 2.68. The standard InChI is InChI=1S/C22H29N3O8S/c1-14(2)11-19(21(28)29)25(22(30)24-18-9-7-16(12-23)8-10-18)20(27)6-4-5-17(15(3)26)13-34(31,32)33/h7-10,14,17,19H,4-6,11,13H2,1-3H3,(H,24,30)(H,28,29)(H,31,32,33)/t17?,19-/m0/s1. The zero-order valence-corrected chi connectivity index (χ0v) is 20.0. The van der Waals surface area contributed by atoms with Crippen molar-refractivity contribution in [1.82, 2.24) is 4.90 Å². The number of hydrogen-bond acceptors (Lipinski definition) is 7. The van der Waals surface area contributed by atoms with E-state index in [1.54, 1.807) is 13.8 Å². The molecule has 1 unspecified atom stereocenters. The number of amides is 3. The second-order valence-electron chi connectivity index (χ2n) is 8.32. The van der Waals surface area contributed by atoms with E-state index in [9.17, 15) is 32.7 Å². The molecule has 34 heavy (non-hydrogen) atoms. The van der Waals surface area contributed by atoms with Crippen LogP contribution in [0.25, 0.3) is 0 Å². The lowest BCUT2D eigenvalue weighted by molar-refractivity contribution is -0.148. The number of nitrogens with zero attached hydrogens (tertiary/aromatic N) is 2. The molecule has 0 radical (unpaired) electrons. The van der Waals surface area contributed by atoms with Gasteiger partial charge in [0.2, 0.25) is 5.91 Å². The van der Waals surface area contributed by atoms with Gasteiger partial charge in [-0.05, 0) is 56.4 Å². The lowest BCUT2D eigenvalue weighted by Crippen LogP contribution is -2.51. The van der Waals surface area contributed by atoms with Crippen molar-refractivity contribution in [2.75, 3.05) is 11.1 Å². The highest BCUT2D eigenvalue weighted by Gasteiger charge is 2.35. The van der Waals surface area contributed by atoms with Crippen LogP contribution < -0.4 is 5.32 Å². The largest absolute Gasteiger partial charge is 0.480 e. The summed E-state index contributed by atoms with van der Waals surface area (Å²) in [7, 11) is -4.40. The van der Waals surface area contributed by atoms with Crippen LogP contribution in [0.15, 0.2) is 24.3 Å². The number of nitrogens with one attached hydrogen (secondary N) is 1. The third-order valence-corrected chi connectivity index (χ3v) is 5.80. The third kappa shape index (κ3) is 9.68. The number of hydrogen-bond donors (Lipinski definition) is 3. The maximum atomic E-state index is 12.9. The van der Waals surface area contributed by atoms with Crippen LogP contribution in [-0.4, -0.2) is 58.5 Å². The summed E-state index contributed by atoms with van der Waals surface area (Å²) in [5, 5.41) is 21.0. The minimum Gasteiger partial charge on any atom is -0.480 e. The molecular weight excluding hydrogens is 466 g/mol. The van der Waals surface area contributed by atoms with Gasteiger partial charge >= 0.3 is 12.0 Å². The van der Waals surface area contributed by atoms with Crippen LogP contribution in [0.5, 0.6) is 0 Å². The first kappa shape index (κ1) is 28.7. The Morgan fingerprint density at radius 2 is 1.74 bits per heavy atom. The Bertz CT molecular complexity index is 1040. The number of Topliss-reactive ketones (excluding diaryl/α,β-unsaturated/α-hetero) is 1. The van der Waals surface area contributed by atoms with E-state index in [0.717, 1.165) is 6.92 Å². The van der Waals surface area contributed by atoms with Crippen LogP contribution in [0, 0.1) is 23.2 Å². The Morgan fingerprint density at radius 3 is 2.18 bits per heavy atom. The number of aliphatic carboxylic acids is 1. The molecule has 186 valence electrons. The second-order valence-corrected chi connectivity index (χ2v) is 9.81. The van der Waals surface area contributed by atoms with Crippen LogP contribution in [0.2, 0.25) is 0 Å². The first-order chi connectivity index (χ1) is 15.7. The van der Waals surface area contributed by atoms with Crippen LogP contribution in [-0.2, 0) is 24.5 Å². The average molecular weight is 496 g/mol. The third-order valence-electron chi connectivity index (χ3n) is 4.97. The summed E-state index contributed by atoms with van der Waals surface area (Å²) in [6, 6.07) is 5.27. The van der Waals surface area contributed by atoms with Crippen molar-refractivity contribution >= 4 is 39.5 Å². The molecule has 0 fully saturated rings. The Balaban J connectivity index is 3.07. The van der Waals surface area contributed by atoms with Crippen LogP contribution in [0.3, 0.4) is 0 Å². The number of imide groups is 1. The molecule has 2 atom stereocenters. The molecule has 1 rings (SSSR count). The minimum absolute atomic E-state index is 0.000685. The van der Waals surface area contributed by atoms with E-state index >= 15 is 0 Å². The smallest absolute Gasteiger partial charge is 0.329 e. The molecule has 0 aliphatic carbocycles. The number of carboxylic acids is 1. The molecule has 1 aromatic rings. The molecular formula is C22H29N3O8S. The Kier molecular flexibility index (Phi) is 10.8. The summed E-state index contributed by atoms with van der Waals surface area (Å²) < 4.78 is 31.2. The van der Waals surface area contributed by atoms with E-state index in [1.165, 1.54) is 24.3 Å². The summed E-state index contributed by atoms with van der Waals surface area (Å²) in [4.78, 5) is 50.1. The van der Waals surface area contributed by atoms with E-state index in [4.69, 9.17) is 9.81 Å². The molecule has 0 saturated heterocycles. The van der Waals surface area contributed by atoms with Gasteiger partial charge in [0.05, 0.1) is 17.4 Å². The molecule has 3 amide bonds. The van der Waals surface area contributed by atoms with Crippen molar-refractivity contribution in [3.05, 3.63) is 29.8 Å². The molecule has 1 aromatic carbocycles. The van der Waals surface area contributed by atoms with Gasteiger partial charge < -0.3 is 10.4 Å². The van der Waals surface area contributed by atoms with Crippen molar-refractivity contribution in [3.63, 3.8) is 0 Å². The van der Waals surface area contributed by atoms with E-state index in [2.05, 4.69) is 5.32 Å². The molecule has 3 N–H and O–H groups in total. The van der Waals surface area contributed by atoms with Crippen LogP contribution >= 0.6 is 0 Å². The first-order valence-electron chi connectivity index (χ1n) is 10.6. The SMILES string of the molecule is CC(=O)C(CCCC(=O)N(C(=O)Nc1ccc(C#N)cc1)[C@@H](CC(C)C)C(=O)O)CS(=O)(=O)O. The predicted molar refractivity (Wildman–Crippen MR) is 122 cm³/mol. The number of benzene rings is 1. The molecule has 0 heterocycles. The molecule has 0 aromatic heterocycles. The number of carbonyl (C=O) groups is 4. The van der Waals surface area contributed by atoms with E-state index in [0.29, 0.717) is 10.5 Å². The Morgan fingerprint density at radius 1 is 1.15 bits per heavy atom. The maximum absolute atomic E-state index is 12.9. The fourth-order valence-corrected chi connectivity index (χ4v) is 4.19. The molecule has 11 nitrogen and oxygen atoms in total. The van der Waals surface area contributed by atoms with Gasteiger partial charge in [0.25, 0.3) is 10.1 Å². The quantitative estimate of drug-likeness (QED) is 0.367. The molecule has 0 aliphatic rings. The van der Waals surface area contributed by atoms with Gasteiger partial charge in [-0.25, -0.2) is 14.5 Å². The summed E-state index contributed by atoms with van der Waals surface area (Å²) in [5.74, 6) is -4.64.